The van der Waals surface area contributed by atoms with E-state index in [1.165, 1.54) is 44.5 Å². The van der Waals surface area contributed by atoms with Crippen LogP contribution in [0.1, 0.15) is 32.1 Å². The van der Waals surface area contributed by atoms with E-state index in [-0.39, 0.29) is 0 Å². The van der Waals surface area contributed by atoms with Crippen molar-refractivity contribution in [3.8, 4) is 0 Å². The lowest BCUT2D eigenvalue weighted by Gasteiger charge is -2.41. The Bertz CT molecular complexity index is 210. The van der Waals surface area contributed by atoms with Gasteiger partial charge in [-0.15, -0.1) is 0 Å². The van der Waals surface area contributed by atoms with Gasteiger partial charge in [0.15, 0.2) is 0 Å². The first-order valence-corrected chi connectivity index (χ1v) is 5.50. The number of amidine groups is 1. The van der Waals surface area contributed by atoms with E-state index in [9.17, 15) is 0 Å². The van der Waals surface area contributed by atoms with Crippen LogP contribution in [0, 0.1) is 11.8 Å². The van der Waals surface area contributed by atoms with Crippen molar-refractivity contribution in [2.75, 3.05) is 20.6 Å². The van der Waals surface area contributed by atoms with Gasteiger partial charge in [0.05, 0.1) is 0 Å². The fourth-order valence-corrected chi connectivity index (χ4v) is 2.99. The van der Waals surface area contributed by atoms with Gasteiger partial charge in [0.2, 0.25) is 0 Å². The summed E-state index contributed by atoms with van der Waals surface area (Å²) in [6.45, 7) is 1.22. The molecule has 74 valence electrons. The monoisotopic (exact) mass is 180 g/mol. The van der Waals surface area contributed by atoms with Crippen molar-refractivity contribution in [3.63, 3.8) is 0 Å². The maximum Gasteiger partial charge on any atom is 0.102 e. The summed E-state index contributed by atoms with van der Waals surface area (Å²) in [7, 11) is 4.13. The second kappa shape index (κ2) is 3.69. The normalized spacial score (nSPS) is 37.7. The van der Waals surface area contributed by atoms with Crippen LogP contribution in [0.25, 0.3) is 0 Å². The molecule has 0 amide bonds. The van der Waals surface area contributed by atoms with Crippen molar-refractivity contribution in [3.05, 3.63) is 0 Å². The molecule has 0 aromatic heterocycles. The van der Waals surface area contributed by atoms with Gasteiger partial charge in [-0.05, 0) is 25.2 Å². The minimum absolute atomic E-state index is 0.789. The van der Waals surface area contributed by atoms with Gasteiger partial charge < -0.3 is 4.90 Å². The molecule has 0 aromatic carbocycles. The van der Waals surface area contributed by atoms with Gasteiger partial charge in [0.25, 0.3) is 0 Å². The van der Waals surface area contributed by atoms with Crippen molar-refractivity contribution in [2.45, 2.75) is 32.1 Å². The summed E-state index contributed by atoms with van der Waals surface area (Å²) in [4.78, 5) is 6.81. The first-order valence-electron chi connectivity index (χ1n) is 5.50. The van der Waals surface area contributed by atoms with Gasteiger partial charge in [0, 0.05) is 26.6 Å². The summed E-state index contributed by atoms with van der Waals surface area (Å²) >= 11 is 0. The molecule has 2 fully saturated rings. The molecule has 1 saturated carbocycles. The molecule has 13 heavy (non-hydrogen) atoms. The van der Waals surface area contributed by atoms with E-state index >= 15 is 0 Å². The lowest BCUT2D eigenvalue weighted by molar-refractivity contribution is 0.216. The lowest BCUT2D eigenvalue weighted by atomic mass is 9.74. The molecule has 2 atom stereocenters. The quantitative estimate of drug-likeness (QED) is 0.558. The highest BCUT2D eigenvalue weighted by atomic mass is 15.2. The third-order valence-corrected chi connectivity index (χ3v) is 3.70. The smallest absolute Gasteiger partial charge is 0.102 e. The fraction of sp³-hybridized carbons (Fsp3) is 0.909. The van der Waals surface area contributed by atoms with Gasteiger partial charge >= 0.3 is 0 Å². The number of aliphatic imine (C=N–C) groups is 1. The Morgan fingerprint density at radius 2 is 2.00 bits per heavy atom. The number of rotatable bonds is 0. The summed E-state index contributed by atoms with van der Waals surface area (Å²) in [5.74, 6) is 3.11. The van der Waals surface area contributed by atoms with E-state index in [4.69, 9.17) is 0 Å². The molecule has 0 bridgehead atoms. The Kier molecular flexibility index (Phi) is 2.56. The number of nitrogens with zero attached hydrogens (tertiary/aromatic N) is 2. The van der Waals surface area contributed by atoms with Crippen LogP contribution in [0.5, 0.6) is 0 Å². The van der Waals surface area contributed by atoms with Gasteiger partial charge in [-0.1, -0.05) is 12.8 Å². The van der Waals surface area contributed by atoms with Crippen LogP contribution in [0.4, 0.5) is 0 Å². The minimum Gasteiger partial charge on any atom is -0.363 e. The summed E-state index contributed by atoms with van der Waals surface area (Å²) in [6, 6.07) is 0. The highest BCUT2D eigenvalue weighted by molar-refractivity contribution is 5.85. The molecule has 2 unspecified atom stereocenters. The SMILES string of the molecule is CN=C1C2CCCCC2CCN1C. The van der Waals surface area contributed by atoms with Crippen LogP contribution in [0.2, 0.25) is 0 Å². The fourth-order valence-electron chi connectivity index (χ4n) is 2.99. The minimum atomic E-state index is 0.789. The number of hydrogen-bond acceptors (Lipinski definition) is 1. The van der Waals surface area contributed by atoms with E-state index in [1.54, 1.807) is 0 Å². The van der Waals surface area contributed by atoms with E-state index < -0.39 is 0 Å². The average molecular weight is 180 g/mol. The zero-order valence-corrected chi connectivity index (χ0v) is 8.79. The first kappa shape index (κ1) is 9.04. The van der Waals surface area contributed by atoms with E-state index in [1.807, 2.05) is 7.05 Å². The van der Waals surface area contributed by atoms with Crippen molar-refractivity contribution in [1.82, 2.24) is 4.90 Å². The lowest BCUT2D eigenvalue weighted by Crippen LogP contribution is -2.44. The number of fused-ring (bicyclic) bond motifs is 1. The summed E-state index contributed by atoms with van der Waals surface area (Å²) in [6.07, 6.45) is 7.06. The molecule has 1 saturated heterocycles. The zero-order valence-electron chi connectivity index (χ0n) is 8.79. The third-order valence-electron chi connectivity index (χ3n) is 3.70. The molecule has 0 aromatic rings. The van der Waals surface area contributed by atoms with Gasteiger partial charge in [0.1, 0.15) is 5.84 Å². The van der Waals surface area contributed by atoms with Crippen LogP contribution in [-0.2, 0) is 0 Å². The Hall–Kier alpha value is -0.530. The maximum atomic E-state index is 4.46. The molecule has 1 heterocycles. The Balaban J connectivity index is 2.14. The van der Waals surface area contributed by atoms with Crippen molar-refractivity contribution >= 4 is 5.84 Å². The largest absolute Gasteiger partial charge is 0.363 e. The van der Waals surface area contributed by atoms with Gasteiger partial charge in [-0.2, -0.15) is 0 Å². The predicted octanol–water partition coefficient (Wildman–Crippen LogP) is 2.16. The molecular weight excluding hydrogens is 160 g/mol. The summed E-state index contributed by atoms with van der Waals surface area (Å²) in [5, 5.41) is 0. The Morgan fingerprint density at radius 1 is 1.23 bits per heavy atom. The molecule has 2 nitrogen and oxygen atoms in total. The molecule has 0 radical (unpaired) electrons. The average Bonchev–Trinajstić information content (AvgIpc) is 2.18. The van der Waals surface area contributed by atoms with Crippen LogP contribution in [0.3, 0.4) is 0 Å². The number of hydrogen-bond donors (Lipinski definition) is 0. The summed E-state index contributed by atoms with van der Waals surface area (Å²) in [5.41, 5.74) is 0. The molecule has 0 spiro atoms. The van der Waals surface area contributed by atoms with Crippen molar-refractivity contribution < 1.29 is 0 Å². The van der Waals surface area contributed by atoms with Gasteiger partial charge in [-0.3, -0.25) is 4.99 Å². The molecule has 2 aliphatic rings. The second-order valence-corrected chi connectivity index (χ2v) is 4.44. The topological polar surface area (TPSA) is 15.6 Å². The third kappa shape index (κ3) is 1.59. The zero-order chi connectivity index (χ0) is 9.26. The molecule has 1 aliphatic heterocycles. The summed E-state index contributed by atoms with van der Waals surface area (Å²) < 4.78 is 0. The molecular formula is C11H20N2. The first-order chi connectivity index (χ1) is 6.33. The van der Waals surface area contributed by atoms with Crippen molar-refractivity contribution in [2.24, 2.45) is 16.8 Å². The predicted molar refractivity (Wildman–Crippen MR) is 56.1 cm³/mol. The van der Waals surface area contributed by atoms with Crippen LogP contribution in [0.15, 0.2) is 4.99 Å². The van der Waals surface area contributed by atoms with Gasteiger partial charge in [-0.25, -0.2) is 0 Å². The van der Waals surface area contributed by atoms with Crippen LogP contribution < -0.4 is 0 Å². The standard InChI is InChI=1S/C11H20N2/c1-12-11-10-6-4-3-5-9(10)7-8-13(11)2/h9-10H,3-8H2,1-2H3. The Morgan fingerprint density at radius 3 is 2.77 bits per heavy atom. The van der Waals surface area contributed by atoms with E-state index in [0.717, 1.165) is 11.8 Å². The number of likely N-dealkylation sites (tertiary alicyclic amines) is 1. The Labute approximate surface area is 81.0 Å². The highest BCUT2D eigenvalue weighted by Gasteiger charge is 2.34. The maximum absolute atomic E-state index is 4.46. The number of piperidine rings is 1. The second-order valence-electron chi connectivity index (χ2n) is 4.44. The molecule has 1 aliphatic carbocycles. The molecule has 2 rings (SSSR count). The van der Waals surface area contributed by atoms with E-state index in [2.05, 4.69) is 16.9 Å². The molecule has 2 heteroatoms. The van der Waals surface area contributed by atoms with Crippen LogP contribution >= 0.6 is 0 Å². The van der Waals surface area contributed by atoms with Crippen LogP contribution in [-0.4, -0.2) is 31.4 Å². The highest BCUT2D eigenvalue weighted by Crippen LogP contribution is 2.36. The molecule has 0 N–H and O–H groups in total. The van der Waals surface area contributed by atoms with Crippen molar-refractivity contribution in [1.29, 1.82) is 0 Å². The van der Waals surface area contributed by atoms with E-state index in [0.29, 0.717) is 0 Å².